The molecular formula is C15H8ClN5O2S. The van der Waals surface area contributed by atoms with Crippen molar-refractivity contribution in [2.45, 2.75) is 11.8 Å². The van der Waals surface area contributed by atoms with Gasteiger partial charge < -0.3 is 5.32 Å². The maximum atomic E-state index is 12.7. The molecule has 1 aromatic rings. The maximum Gasteiger partial charge on any atom is 0.218 e. The highest BCUT2D eigenvalue weighted by atomic mass is 35.5. The number of nitrogens with one attached hydrogen (secondary N) is 1. The van der Waals surface area contributed by atoms with E-state index in [0.29, 0.717) is 0 Å². The highest BCUT2D eigenvalue weighted by Gasteiger charge is 2.30. The van der Waals surface area contributed by atoms with Crippen LogP contribution in [-0.2, 0) is 9.84 Å². The van der Waals surface area contributed by atoms with Crippen molar-refractivity contribution < 1.29 is 8.42 Å². The number of nitriles is 3. The minimum absolute atomic E-state index is 0.100. The smallest absolute Gasteiger partial charge is 0.218 e. The molecule has 1 heterocycles. The van der Waals surface area contributed by atoms with Gasteiger partial charge in [-0.3, -0.25) is 0 Å². The normalized spacial score (nSPS) is 16.2. The second-order valence-corrected chi connectivity index (χ2v) is 6.85. The summed E-state index contributed by atoms with van der Waals surface area (Å²) in [7, 11) is -4.18. The molecule has 9 heteroatoms. The fourth-order valence-corrected chi connectivity index (χ4v) is 3.39. The summed E-state index contributed by atoms with van der Waals surface area (Å²) in [6, 6.07) is 10.8. The Morgan fingerprint density at radius 3 is 2.29 bits per heavy atom. The molecule has 0 unspecified atom stereocenters. The summed E-state index contributed by atoms with van der Waals surface area (Å²) in [5.41, 5.74) is -0.0702. The lowest BCUT2D eigenvalue weighted by Crippen LogP contribution is -2.26. The quantitative estimate of drug-likeness (QED) is 0.805. The number of benzene rings is 1. The van der Waals surface area contributed by atoms with Crippen LogP contribution in [0.5, 0.6) is 0 Å². The lowest BCUT2D eigenvalue weighted by Gasteiger charge is -2.15. The first kappa shape index (κ1) is 17.2. The zero-order valence-electron chi connectivity index (χ0n) is 12.2. The van der Waals surface area contributed by atoms with Gasteiger partial charge in [0.25, 0.3) is 0 Å². The Hall–Kier alpha value is -3.12. The van der Waals surface area contributed by atoms with E-state index >= 15 is 0 Å². The number of rotatable bonds is 2. The number of hydrogen-bond donors (Lipinski definition) is 1. The maximum absolute atomic E-state index is 12.7. The fourth-order valence-electron chi connectivity index (χ4n) is 1.84. The molecule has 1 N–H and O–H groups in total. The van der Waals surface area contributed by atoms with Crippen molar-refractivity contribution in [2.24, 2.45) is 4.99 Å². The third-order valence-electron chi connectivity index (χ3n) is 3.05. The third kappa shape index (κ3) is 3.00. The van der Waals surface area contributed by atoms with E-state index in [0.717, 1.165) is 5.56 Å². The molecule has 7 nitrogen and oxygen atoms in total. The lowest BCUT2D eigenvalue weighted by atomic mass is 10.2. The Balaban J connectivity index is 2.67. The summed E-state index contributed by atoms with van der Waals surface area (Å²) in [5, 5.41) is 29.2. The van der Waals surface area contributed by atoms with Crippen molar-refractivity contribution in [1.82, 2.24) is 5.32 Å². The third-order valence-corrected chi connectivity index (χ3v) is 5.05. The molecule has 118 valence electrons. The summed E-state index contributed by atoms with van der Waals surface area (Å²) in [4.78, 5) is 2.88. The number of nitrogens with zero attached hydrogens (tertiary/aromatic N) is 4. The first-order chi connectivity index (χ1) is 11.3. The van der Waals surface area contributed by atoms with E-state index in [9.17, 15) is 13.7 Å². The molecule has 24 heavy (non-hydrogen) atoms. The summed E-state index contributed by atoms with van der Waals surface area (Å²) in [6.07, 6.45) is 0. The molecule has 2 rings (SSSR count). The fraction of sp³-hybridized carbons (Fsp3) is 0.0667. The Kier molecular flexibility index (Phi) is 4.71. The monoisotopic (exact) mass is 357 g/mol. The highest BCUT2D eigenvalue weighted by molar-refractivity contribution is 7.95. The van der Waals surface area contributed by atoms with Gasteiger partial charge in [-0.05, 0) is 19.1 Å². The number of aliphatic imine (C=N–C) groups is 1. The Bertz CT molecular complexity index is 1030. The summed E-state index contributed by atoms with van der Waals surface area (Å²) in [5.74, 6) is 0. The molecule has 0 amide bonds. The molecule has 0 aromatic heterocycles. The van der Waals surface area contributed by atoms with E-state index in [1.165, 1.54) is 12.1 Å². The van der Waals surface area contributed by atoms with Gasteiger partial charge in [-0.25, -0.2) is 13.4 Å². The van der Waals surface area contributed by atoms with Crippen molar-refractivity contribution in [3.63, 3.8) is 0 Å². The van der Waals surface area contributed by atoms with Crippen molar-refractivity contribution in [2.75, 3.05) is 0 Å². The largest absolute Gasteiger partial charge is 0.340 e. The van der Waals surface area contributed by atoms with E-state index in [2.05, 4.69) is 10.3 Å². The molecule has 0 atom stereocenters. The average molecular weight is 358 g/mol. The van der Waals surface area contributed by atoms with Crippen molar-refractivity contribution in [3.8, 4) is 18.2 Å². The minimum atomic E-state index is -4.18. The van der Waals surface area contributed by atoms with Crippen molar-refractivity contribution in [1.29, 1.82) is 15.8 Å². The van der Waals surface area contributed by atoms with Crippen LogP contribution >= 0.6 is 11.6 Å². The van der Waals surface area contributed by atoms with E-state index in [1.807, 2.05) is 0 Å². The molecule has 0 spiro atoms. The summed E-state index contributed by atoms with van der Waals surface area (Å²) in [6.45, 7) is 1.79. The Labute approximate surface area is 143 Å². The van der Waals surface area contributed by atoms with Crippen LogP contribution in [0.2, 0.25) is 0 Å². The van der Waals surface area contributed by atoms with Gasteiger partial charge >= 0.3 is 0 Å². The van der Waals surface area contributed by atoms with Gasteiger partial charge in [0.1, 0.15) is 23.9 Å². The topological polar surface area (TPSA) is 130 Å². The van der Waals surface area contributed by atoms with Gasteiger partial charge in [0.05, 0.1) is 4.90 Å². The van der Waals surface area contributed by atoms with Crippen LogP contribution in [0.15, 0.2) is 56.1 Å². The summed E-state index contributed by atoms with van der Waals surface area (Å²) >= 11 is 5.89. The molecular weight excluding hydrogens is 350 g/mol. The highest BCUT2D eigenvalue weighted by Crippen LogP contribution is 2.26. The number of sulfone groups is 1. The van der Waals surface area contributed by atoms with Crippen molar-refractivity contribution in [3.05, 3.63) is 51.8 Å². The standard InChI is InChI=1S/C15H8ClN5O2S/c1-9-2-4-10(5-3-9)24(22,23)13(8-19)14-15(16)21-12(7-18)11(6-17)20-14/h2-5,20H,1H3/b14-13-. The lowest BCUT2D eigenvalue weighted by molar-refractivity contribution is 0.602. The van der Waals surface area contributed by atoms with E-state index < -0.39 is 19.9 Å². The van der Waals surface area contributed by atoms with Gasteiger partial charge in [0.15, 0.2) is 21.5 Å². The zero-order valence-corrected chi connectivity index (χ0v) is 13.8. The van der Waals surface area contributed by atoms with Crippen LogP contribution in [0, 0.1) is 40.9 Å². The average Bonchev–Trinajstić information content (AvgIpc) is 2.56. The zero-order chi connectivity index (χ0) is 17.9. The van der Waals surface area contributed by atoms with E-state index in [-0.39, 0.29) is 22.0 Å². The van der Waals surface area contributed by atoms with Gasteiger partial charge in [0, 0.05) is 0 Å². The predicted octanol–water partition coefficient (Wildman–Crippen LogP) is 2.00. The van der Waals surface area contributed by atoms with E-state index in [4.69, 9.17) is 22.1 Å². The molecule has 1 aliphatic rings. The molecule has 0 bridgehead atoms. The number of halogens is 1. The molecule has 1 aromatic carbocycles. The van der Waals surface area contributed by atoms with Gasteiger partial charge in [0.2, 0.25) is 9.84 Å². The van der Waals surface area contributed by atoms with Crippen LogP contribution < -0.4 is 5.32 Å². The first-order valence-electron chi connectivity index (χ1n) is 6.37. The number of allylic oxidation sites excluding steroid dienone is 4. The van der Waals surface area contributed by atoms with Crippen LogP contribution in [0.25, 0.3) is 0 Å². The van der Waals surface area contributed by atoms with Gasteiger partial charge in [-0.2, -0.15) is 15.8 Å². The SMILES string of the molecule is Cc1ccc(S(=O)(=O)/C(C#N)=C2\NC(C#N)=C(C#N)N=C2Cl)cc1. The predicted molar refractivity (Wildman–Crippen MR) is 85.7 cm³/mol. The second-order valence-electron chi connectivity index (χ2n) is 4.61. The van der Waals surface area contributed by atoms with Crippen molar-refractivity contribution >= 4 is 26.6 Å². The van der Waals surface area contributed by atoms with Gasteiger partial charge in [-0.1, -0.05) is 29.3 Å². The van der Waals surface area contributed by atoms with Crippen LogP contribution in [-0.4, -0.2) is 13.6 Å². The summed E-state index contributed by atoms with van der Waals surface area (Å²) < 4.78 is 25.3. The second kappa shape index (κ2) is 6.55. The molecule has 0 saturated carbocycles. The van der Waals surface area contributed by atoms with Crippen LogP contribution in [0.4, 0.5) is 0 Å². The van der Waals surface area contributed by atoms with E-state index in [1.54, 1.807) is 37.3 Å². The van der Waals surface area contributed by atoms with Crippen LogP contribution in [0.3, 0.4) is 0 Å². The minimum Gasteiger partial charge on any atom is -0.340 e. The first-order valence-corrected chi connectivity index (χ1v) is 8.23. The molecule has 0 aliphatic carbocycles. The van der Waals surface area contributed by atoms with Gasteiger partial charge in [-0.15, -0.1) is 0 Å². The van der Waals surface area contributed by atoms with Crippen LogP contribution in [0.1, 0.15) is 5.56 Å². The molecule has 1 aliphatic heterocycles. The Morgan fingerprint density at radius 2 is 1.79 bits per heavy atom. The molecule has 0 fully saturated rings. The molecule has 0 saturated heterocycles. The Morgan fingerprint density at radius 1 is 1.17 bits per heavy atom. The number of aryl methyl sites for hydroxylation is 1. The number of hydrogen-bond acceptors (Lipinski definition) is 7. The molecule has 0 radical (unpaired) electrons.